The third-order valence-corrected chi connectivity index (χ3v) is 4.78. The van der Waals surface area contributed by atoms with E-state index >= 15 is 0 Å². The van der Waals surface area contributed by atoms with Crippen LogP contribution in [0.15, 0.2) is 47.5 Å². The van der Waals surface area contributed by atoms with E-state index in [9.17, 15) is 4.79 Å². The summed E-state index contributed by atoms with van der Waals surface area (Å²) in [4.78, 5) is 18.6. The van der Waals surface area contributed by atoms with E-state index in [2.05, 4.69) is 4.98 Å². The fourth-order valence-corrected chi connectivity index (χ4v) is 3.49. The number of fused-ring (bicyclic) bond motifs is 1. The van der Waals surface area contributed by atoms with E-state index in [0.717, 1.165) is 41.7 Å². The van der Waals surface area contributed by atoms with Crippen molar-refractivity contribution in [2.24, 2.45) is 0 Å². The van der Waals surface area contributed by atoms with Crippen molar-refractivity contribution in [2.45, 2.75) is 25.3 Å². The lowest BCUT2D eigenvalue weighted by atomic mass is 9.96. The van der Waals surface area contributed by atoms with E-state index < -0.39 is 0 Å². The number of benzene rings is 1. The van der Waals surface area contributed by atoms with Gasteiger partial charge >= 0.3 is 0 Å². The van der Waals surface area contributed by atoms with Crippen molar-refractivity contribution in [1.29, 1.82) is 0 Å². The molecule has 24 heavy (non-hydrogen) atoms. The number of nitrogens with two attached hydrogens (primary N) is 1. The summed E-state index contributed by atoms with van der Waals surface area (Å²) in [5.41, 5.74) is 7.72. The van der Waals surface area contributed by atoms with Crippen LogP contribution in [0.1, 0.15) is 24.5 Å². The quantitative estimate of drug-likeness (QED) is 0.751. The largest absolute Gasteiger partial charge is 0.448 e. The monoisotopic (exact) mass is 324 g/mol. The molecule has 1 aromatic carbocycles. The van der Waals surface area contributed by atoms with Gasteiger partial charge in [0, 0.05) is 36.3 Å². The van der Waals surface area contributed by atoms with Crippen LogP contribution >= 0.6 is 0 Å². The van der Waals surface area contributed by atoms with Gasteiger partial charge in [-0.1, -0.05) is 6.07 Å². The molecule has 2 N–H and O–H groups in total. The van der Waals surface area contributed by atoms with Crippen LogP contribution in [-0.4, -0.2) is 33.4 Å². The van der Waals surface area contributed by atoms with Crippen molar-refractivity contribution in [3.63, 3.8) is 0 Å². The molecule has 2 aromatic heterocycles. The van der Waals surface area contributed by atoms with Gasteiger partial charge in [0.15, 0.2) is 6.39 Å². The zero-order valence-electron chi connectivity index (χ0n) is 13.4. The first-order valence-corrected chi connectivity index (χ1v) is 8.22. The van der Waals surface area contributed by atoms with Gasteiger partial charge in [-0.2, -0.15) is 0 Å². The van der Waals surface area contributed by atoms with Crippen molar-refractivity contribution < 1.29 is 9.21 Å². The zero-order valence-corrected chi connectivity index (χ0v) is 13.4. The van der Waals surface area contributed by atoms with E-state index in [0.29, 0.717) is 13.1 Å². The van der Waals surface area contributed by atoms with Crippen LogP contribution in [-0.2, 0) is 11.3 Å². The lowest BCUT2D eigenvalue weighted by Crippen LogP contribution is -2.40. The number of aromatic nitrogens is 2. The molecular formula is C18H20N4O2. The Kier molecular flexibility index (Phi) is 3.72. The molecule has 0 saturated carbocycles. The minimum absolute atomic E-state index is 0.124. The van der Waals surface area contributed by atoms with E-state index in [1.165, 1.54) is 6.39 Å². The van der Waals surface area contributed by atoms with Gasteiger partial charge in [-0.15, -0.1) is 0 Å². The molecule has 1 aliphatic rings. The number of hydrogen-bond donors (Lipinski definition) is 1. The number of carbonyl (C=O) groups is 1. The molecule has 1 atom stereocenters. The van der Waals surface area contributed by atoms with E-state index in [4.69, 9.17) is 10.2 Å². The minimum atomic E-state index is 0.124. The molecule has 4 rings (SSSR count). The summed E-state index contributed by atoms with van der Waals surface area (Å²) in [5.74, 6) is 1.23. The first-order valence-electron chi connectivity index (χ1n) is 8.22. The van der Waals surface area contributed by atoms with Gasteiger partial charge in [0.1, 0.15) is 12.3 Å². The predicted octanol–water partition coefficient (Wildman–Crippen LogP) is 2.62. The van der Waals surface area contributed by atoms with Crippen LogP contribution in [0.2, 0.25) is 0 Å². The number of nitrogens with zero attached hydrogens (tertiary/aromatic N) is 3. The average molecular weight is 324 g/mol. The normalized spacial score (nSPS) is 18.2. The Bertz CT molecular complexity index is 853. The number of carbonyl (C=O) groups excluding carboxylic acids is 1. The number of rotatable bonds is 3. The Hall–Kier alpha value is -2.76. The first-order chi connectivity index (χ1) is 11.7. The Morgan fingerprint density at radius 2 is 2.29 bits per heavy atom. The molecule has 124 valence electrons. The van der Waals surface area contributed by atoms with Crippen molar-refractivity contribution in [2.75, 3.05) is 18.8 Å². The summed E-state index contributed by atoms with van der Waals surface area (Å²) in [6.45, 7) is 1.82. The Balaban J connectivity index is 1.50. The molecule has 0 spiro atoms. The number of amides is 1. The molecule has 1 fully saturated rings. The second kappa shape index (κ2) is 6.03. The molecule has 6 heteroatoms. The molecule has 0 radical (unpaired) electrons. The van der Waals surface area contributed by atoms with Crippen LogP contribution in [0.5, 0.6) is 0 Å². The van der Waals surface area contributed by atoms with Crippen molar-refractivity contribution in [3.8, 4) is 0 Å². The zero-order chi connectivity index (χ0) is 16.5. The van der Waals surface area contributed by atoms with Crippen molar-refractivity contribution in [1.82, 2.24) is 14.5 Å². The van der Waals surface area contributed by atoms with Gasteiger partial charge in [-0.25, -0.2) is 4.98 Å². The topological polar surface area (TPSA) is 77.3 Å². The highest BCUT2D eigenvalue weighted by atomic mass is 16.3. The summed E-state index contributed by atoms with van der Waals surface area (Å²) in [5, 5.41) is 0.989. The van der Waals surface area contributed by atoms with Gasteiger partial charge in [-0.05, 0) is 31.0 Å². The Morgan fingerprint density at radius 1 is 1.38 bits per heavy atom. The van der Waals surface area contributed by atoms with Gasteiger partial charge < -0.3 is 19.6 Å². The highest BCUT2D eigenvalue weighted by Crippen LogP contribution is 2.27. The fraction of sp³-hybridized carbons (Fsp3) is 0.333. The predicted molar refractivity (Wildman–Crippen MR) is 91.4 cm³/mol. The summed E-state index contributed by atoms with van der Waals surface area (Å²) < 4.78 is 7.37. The lowest BCUT2D eigenvalue weighted by molar-refractivity contribution is -0.133. The molecule has 0 bridgehead atoms. The number of oxazole rings is 1. The van der Waals surface area contributed by atoms with E-state index in [1.54, 1.807) is 6.20 Å². The second-order valence-electron chi connectivity index (χ2n) is 6.31. The number of anilines is 1. The number of piperidine rings is 1. The fourth-order valence-electron chi connectivity index (χ4n) is 3.49. The smallest absolute Gasteiger partial charge is 0.242 e. The van der Waals surface area contributed by atoms with Crippen molar-refractivity contribution >= 4 is 22.5 Å². The van der Waals surface area contributed by atoms with Crippen LogP contribution in [0.3, 0.4) is 0 Å². The Morgan fingerprint density at radius 3 is 3.12 bits per heavy atom. The standard InChI is InChI=1S/C18H20N4O2/c19-15-4-1-5-16-14(15)6-8-21(16)11-18(23)22-7-2-3-13(10-22)17-9-20-12-24-17/h1,4-6,8-9,12-13H,2-3,7,10-11,19H2. The molecule has 1 unspecified atom stereocenters. The SMILES string of the molecule is Nc1cccc2c1ccn2CC(=O)N1CCCC(c2cnco2)C1. The van der Waals surface area contributed by atoms with Gasteiger partial charge in [0.2, 0.25) is 5.91 Å². The van der Waals surface area contributed by atoms with Gasteiger partial charge in [-0.3, -0.25) is 4.79 Å². The average Bonchev–Trinajstić information content (AvgIpc) is 3.26. The maximum absolute atomic E-state index is 12.7. The summed E-state index contributed by atoms with van der Waals surface area (Å²) in [7, 11) is 0. The minimum Gasteiger partial charge on any atom is -0.448 e. The van der Waals surface area contributed by atoms with Gasteiger partial charge in [0.05, 0.1) is 11.7 Å². The van der Waals surface area contributed by atoms with Crippen LogP contribution in [0.25, 0.3) is 10.9 Å². The molecule has 1 saturated heterocycles. The van der Waals surface area contributed by atoms with Crippen LogP contribution in [0, 0.1) is 0 Å². The third kappa shape index (κ3) is 2.64. The third-order valence-electron chi connectivity index (χ3n) is 4.78. The first kappa shape index (κ1) is 14.8. The highest BCUT2D eigenvalue weighted by Gasteiger charge is 2.26. The molecule has 6 nitrogen and oxygen atoms in total. The second-order valence-corrected chi connectivity index (χ2v) is 6.31. The van der Waals surface area contributed by atoms with Crippen LogP contribution in [0.4, 0.5) is 5.69 Å². The maximum Gasteiger partial charge on any atom is 0.242 e. The van der Waals surface area contributed by atoms with Crippen LogP contribution < -0.4 is 5.73 Å². The Labute approximate surface area is 139 Å². The summed E-state index contributed by atoms with van der Waals surface area (Å²) in [6, 6.07) is 7.75. The lowest BCUT2D eigenvalue weighted by Gasteiger charge is -2.31. The summed E-state index contributed by atoms with van der Waals surface area (Å²) in [6.07, 6.45) is 7.14. The molecular weight excluding hydrogens is 304 g/mol. The summed E-state index contributed by atoms with van der Waals surface area (Å²) >= 11 is 0. The maximum atomic E-state index is 12.7. The number of likely N-dealkylation sites (tertiary alicyclic amines) is 1. The highest BCUT2D eigenvalue weighted by molar-refractivity contribution is 5.92. The molecule has 1 aliphatic heterocycles. The van der Waals surface area contributed by atoms with Crippen molar-refractivity contribution in [3.05, 3.63) is 48.8 Å². The molecule has 3 heterocycles. The number of hydrogen-bond acceptors (Lipinski definition) is 4. The number of nitrogen functional groups attached to an aromatic ring is 1. The molecule has 1 amide bonds. The van der Waals surface area contributed by atoms with Gasteiger partial charge in [0.25, 0.3) is 0 Å². The van der Waals surface area contributed by atoms with E-state index in [1.807, 2.05) is 39.9 Å². The van der Waals surface area contributed by atoms with E-state index in [-0.39, 0.29) is 11.8 Å². The molecule has 3 aromatic rings. The molecule has 0 aliphatic carbocycles.